The maximum absolute atomic E-state index is 14.1. The van der Waals surface area contributed by atoms with Gasteiger partial charge in [-0.1, -0.05) is 18.2 Å². The monoisotopic (exact) mass is 320 g/mol. The first kappa shape index (κ1) is 15.9. The van der Waals surface area contributed by atoms with Crippen molar-refractivity contribution in [1.82, 2.24) is 0 Å². The Hall–Kier alpha value is -2.51. The Morgan fingerprint density at radius 2 is 1.32 bits per heavy atom. The van der Waals surface area contributed by atoms with Gasteiger partial charge in [0.25, 0.3) is 0 Å². The molecule has 2 nitrogen and oxygen atoms in total. The normalized spacial score (nSPS) is 10.8. The van der Waals surface area contributed by atoms with E-state index in [-0.39, 0.29) is 0 Å². The van der Waals surface area contributed by atoms with E-state index in [0.29, 0.717) is 0 Å². The van der Waals surface area contributed by atoms with Crippen molar-refractivity contribution in [3.05, 3.63) is 58.7 Å². The standard InChI is InChI=1S/C14H6F6O2/c15-9-5(4-7(21)22)2-1-3-6(9)8-10(16)12(18)14(20)13(19)11(8)17/h1-3H,4H2,(H,21,22). The number of rotatable bonds is 3. The molecular formula is C14H6F6O2. The van der Waals surface area contributed by atoms with Crippen LogP contribution in [0.3, 0.4) is 0 Å². The second-order valence-electron chi connectivity index (χ2n) is 4.29. The molecular weight excluding hydrogens is 314 g/mol. The van der Waals surface area contributed by atoms with Gasteiger partial charge in [0.05, 0.1) is 12.0 Å². The summed E-state index contributed by atoms with van der Waals surface area (Å²) < 4.78 is 80.7. The van der Waals surface area contributed by atoms with Crippen LogP contribution in [0.5, 0.6) is 0 Å². The van der Waals surface area contributed by atoms with E-state index in [9.17, 15) is 31.1 Å². The van der Waals surface area contributed by atoms with Gasteiger partial charge in [0.15, 0.2) is 23.3 Å². The number of hydrogen-bond acceptors (Lipinski definition) is 1. The van der Waals surface area contributed by atoms with Crippen molar-refractivity contribution in [3.63, 3.8) is 0 Å². The minimum absolute atomic E-state index is 0.450. The number of carbonyl (C=O) groups is 1. The van der Waals surface area contributed by atoms with Crippen molar-refractivity contribution in [2.24, 2.45) is 0 Å². The van der Waals surface area contributed by atoms with E-state index in [2.05, 4.69) is 0 Å². The van der Waals surface area contributed by atoms with Gasteiger partial charge >= 0.3 is 5.97 Å². The van der Waals surface area contributed by atoms with Crippen LogP contribution in [-0.4, -0.2) is 11.1 Å². The van der Waals surface area contributed by atoms with Crippen LogP contribution in [0, 0.1) is 34.9 Å². The molecule has 0 spiro atoms. The highest BCUT2D eigenvalue weighted by Gasteiger charge is 2.28. The maximum Gasteiger partial charge on any atom is 0.307 e. The Morgan fingerprint density at radius 3 is 1.82 bits per heavy atom. The quantitative estimate of drug-likeness (QED) is 0.530. The molecule has 0 fully saturated rings. The first-order chi connectivity index (χ1) is 10.3. The number of carboxylic acids is 1. The SMILES string of the molecule is O=C(O)Cc1cccc(-c2c(F)c(F)c(F)c(F)c2F)c1F. The number of hydrogen-bond donors (Lipinski definition) is 1. The van der Waals surface area contributed by atoms with Crippen molar-refractivity contribution in [1.29, 1.82) is 0 Å². The van der Waals surface area contributed by atoms with Gasteiger partial charge in [0.2, 0.25) is 5.82 Å². The van der Waals surface area contributed by atoms with E-state index in [0.717, 1.165) is 18.2 Å². The molecule has 2 aromatic carbocycles. The van der Waals surface area contributed by atoms with Gasteiger partial charge in [-0.15, -0.1) is 0 Å². The Morgan fingerprint density at radius 1 is 0.818 bits per heavy atom. The lowest BCUT2D eigenvalue weighted by atomic mass is 9.99. The third kappa shape index (κ3) is 2.51. The Balaban J connectivity index is 2.76. The Bertz CT molecular complexity index is 743. The average molecular weight is 320 g/mol. The molecule has 0 aliphatic heterocycles. The molecule has 0 saturated carbocycles. The molecule has 0 heterocycles. The smallest absolute Gasteiger partial charge is 0.307 e. The Kier molecular flexibility index (Phi) is 4.11. The second-order valence-corrected chi connectivity index (χ2v) is 4.29. The predicted octanol–water partition coefficient (Wildman–Crippen LogP) is 3.82. The van der Waals surface area contributed by atoms with E-state index in [1.165, 1.54) is 0 Å². The van der Waals surface area contributed by atoms with Gasteiger partial charge < -0.3 is 5.11 Å². The molecule has 0 atom stereocenters. The third-order valence-electron chi connectivity index (χ3n) is 2.90. The summed E-state index contributed by atoms with van der Waals surface area (Å²) in [7, 11) is 0. The van der Waals surface area contributed by atoms with Crippen LogP contribution in [-0.2, 0) is 11.2 Å². The molecule has 0 aromatic heterocycles. The molecule has 2 rings (SSSR count). The zero-order valence-electron chi connectivity index (χ0n) is 10.6. The Labute approximate surface area is 119 Å². The van der Waals surface area contributed by atoms with E-state index < -0.39 is 64.0 Å². The van der Waals surface area contributed by atoms with Gasteiger partial charge in [-0.25, -0.2) is 26.3 Å². The summed E-state index contributed by atoms with van der Waals surface area (Å²) in [5.74, 6) is -14.0. The highest BCUT2D eigenvalue weighted by Crippen LogP contribution is 2.33. The molecule has 1 N–H and O–H groups in total. The number of aliphatic carboxylic acids is 1. The van der Waals surface area contributed by atoms with Crippen molar-refractivity contribution in [2.75, 3.05) is 0 Å². The molecule has 0 aliphatic carbocycles. The third-order valence-corrected chi connectivity index (χ3v) is 2.90. The lowest BCUT2D eigenvalue weighted by Gasteiger charge is -2.11. The highest BCUT2D eigenvalue weighted by molar-refractivity contribution is 5.73. The van der Waals surface area contributed by atoms with Gasteiger partial charge in [0, 0.05) is 5.56 Å². The zero-order chi connectivity index (χ0) is 16.6. The number of halogens is 6. The van der Waals surface area contributed by atoms with Crippen LogP contribution in [0.25, 0.3) is 11.1 Å². The van der Waals surface area contributed by atoms with Crippen LogP contribution in [0.4, 0.5) is 26.3 Å². The summed E-state index contributed by atoms with van der Waals surface area (Å²) in [6, 6.07) is 2.87. The maximum atomic E-state index is 14.1. The van der Waals surface area contributed by atoms with Crippen LogP contribution >= 0.6 is 0 Å². The van der Waals surface area contributed by atoms with Gasteiger partial charge in [0.1, 0.15) is 5.82 Å². The summed E-state index contributed by atoms with van der Waals surface area (Å²) in [6.45, 7) is 0. The average Bonchev–Trinajstić information content (AvgIpc) is 2.46. The molecule has 0 aliphatic rings. The van der Waals surface area contributed by atoms with Crippen LogP contribution in [0.15, 0.2) is 18.2 Å². The lowest BCUT2D eigenvalue weighted by Crippen LogP contribution is -2.07. The molecule has 0 bridgehead atoms. The topological polar surface area (TPSA) is 37.3 Å². The molecule has 0 unspecified atom stereocenters. The van der Waals surface area contributed by atoms with Gasteiger partial charge in [-0.3, -0.25) is 4.79 Å². The van der Waals surface area contributed by atoms with Crippen molar-refractivity contribution in [2.45, 2.75) is 6.42 Å². The van der Waals surface area contributed by atoms with E-state index in [1.54, 1.807) is 0 Å². The summed E-state index contributed by atoms with van der Waals surface area (Å²) in [6.07, 6.45) is -0.810. The predicted molar refractivity (Wildman–Crippen MR) is 63.0 cm³/mol. The van der Waals surface area contributed by atoms with Crippen LogP contribution in [0.2, 0.25) is 0 Å². The minimum Gasteiger partial charge on any atom is -0.481 e. The van der Waals surface area contributed by atoms with Crippen LogP contribution < -0.4 is 0 Å². The van der Waals surface area contributed by atoms with Crippen LogP contribution in [0.1, 0.15) is 5.56 Å². The van der Waals surface area contributed by atoms with E-state index in [4.69, 9.17) is 5.11 Å². The molecule has 0 saturated heterocycles. The summed E-state index contributed by atoms with van der Waals surface area (Å²) >= 11 is 0. The highest BCUT2D eigenvalue weighted by atomic mass is 19.2. The van der Waals surface area contributed by atoms with Crippen molar-refractivity contribution in [3.8, 4) is 11.1 Å². The zero-order valence-corrected chi connectivity index (χ0v) is 10.6. The molecule has 116 valence electrons. The fourth-order valence-electron chi connectivity index (χ4n) is 1.91. The van der Waals surface area contributed by atoms with Crippen molar-refractivity contribution < 1.29 is 36.2 Å². The fraction of sp³-hybridized carbons (Fsp3) is 0.0714. The summed E-state index contributed by atoms with van der Waals surface area (Å²) in [4.78, 5) is 10.6. The lowest BCUT2D eigenvalue weighted by molar-refractivity contribution is -0.136. The molecule has 0 amide bonds. The molecule has 2 aromatic rings. The molecule has 0 radical (unpaired) electrons. The summed E-state index contributed by atoms with van der Waals surface area (Å²) in [5.41, 5.74) is -2.80. The fourth-order valence-corrected chi connectivity index (χ4v) is 1.91. The first-order valence-corrected chi connectivity index (χ1v) is 5.76. The van der Waals surface area contributed by atoms with Gasteiger partial charge in [-0.05, 0) is 5.56 Å². The first-order valence-electron chi connectivity index (χ1n) is 5.76. The number of carboxylic acid groups (broad SMARTS) is 1. The molecule has 22 heavy (non-hydrogen) atoms. The largest absolute Gasteiger partial charge is 0.481 e. The molecule has 8 heteroatoms. The minimum atomic E-state index is -2.36. The number of benzene rings is 2. The van der Waals surface area contributed by atoms with E-state index in [1.807, 2.05) is 0 Å². The second kappa shape index (κ2) is 5.70. The summed E-state index contributed by atoms with van der Waals surface area (Å²) in [5, 5.41) is 8.60. The van der Waals surface area contributed by atoms with Gasteiger partial charge in [-0.2, -0.15) is 0 Å². The van der Waals surface area contributed by atoms with Crippen molar-refractivity contribution >= 4 is 5.97 Å². The van der Waals surface area contributed by atoms with E-state index >= 15 is 0 Å².